The van der Waals surface area contributed by atoms with Crippen LogP contribution in [-0.2, 0) is 13.1 Å². The third-order valence-electron chi connectivity index (χ3n) is 5.41. The van der Waals surface area contributed by atoms with Gasteiger partial charge in [-0.2, -0.15) is 0 Å². The van der Waals surface area contributed by atoms with Crippen LogP contribution in [0.15, 0.2) is 60.7 Å². The summed E-state index contributed by atoms with van der Waals surface area (Å²) < 4.78 is 0. The fourth-order valence-electron chi connectivity index (χ4n) is 4.24. The molecule has 0 radical (unpaired) electrons. The number of aliphatic hydroxyl groups is 1. The minimum absolute atomic E-state index is 0.104. The van der Waals surface area contributed by atoms with Crippen LogP contribution in [0.4, 0.5) is 0 Å². The van der Waals surface area contributed by atoms with Crippen LogP contribution in [0.3, 0.4) is 0 Å². The SMILES string of the molecule is O[C@@H]1C[C@H]2C[C@@]2(N(Cc2ccccc2)Cc2ccccc2)C1. The van der Waals surface area contributed by atoms with Gasteiger partial charge in [0.15, 0.2) is 0 Å². The van der Waals surface area contributed by atoms with E-state index in [0.29, 0.717) is 5.92 Å². The first-order chi connectivity index (χ1) is 10.8. The molecule has 0 unspecified atom stereocenters. The standard InChI is InChI=1S/C20H23NO/c22-19-11-18-12-20(18,13-19)21(14-16-7-3-1-4-8-16)15-17-9-5-2-6-10-17/h1-10,18-19,22H,11-15H2/t18-,19+,20+/m0/s1. The fraction of sp³-hybridized carbons (Fsp3) is 0.400. The lowest BCUT2D eigenvalue weighted by Crippen LogP contribution is -2.37. The summed E-state index contributed by atoms with van der Waals surface area (Å²) in [6.45, 7) is 1.94. The lowest BCUT2D eigenvalue weighted by atomic mass is 10.1. The second-order valence-corrected chi connectivity index (χ2v) is 6.93. The number of hydrogen-bond acceptors (Lipinski definition) is 2. The summed E-state index contributed by atoms with van der Waals surface area (Å²) in [5.74, 6) is 0.690. The number of rotatable bonds is 5. The Kier molecular flexibility index (Phi) is 3.51. The van der Waals surface area contributed by atoms with Crippen molar-refractivity contribution in [3.63, 3.8) is 0 Å². The van der Waals surface area contributed by atoms with E-state index in [2.05, 4.69) is 65.6 Å². The number of fused-ring (bicyclic) bond motifs is 1. The zero-order valence-electron chi connectivity index (χ0n) is 12.9. The van der Waals surface area contributed by atoms with Crippen molar-refractivity contribution >= 4 is 0 Å². The molecule has 4 rings (SSSR count). The number of nitrogens with zero attached hydrogens (tertiary/aromatic N) is 1. The highest BCUT2D eigenvalue weighted by atomic mass is 16.3. The summed E-state index contributed by atoms with van der Waals surface area (Å²) in [5, 5.41) is 10.0. The Labute approximate surface area is 132 Å². The van der Waals surface area contributed by atoms with Gasteiger partial charge in [-0.3, -0.25) is 4.90 Å². The van der Waals surface area contributed by atoms with Crippen LogP contribution in [0.25, 0.3) is 0 Å². The average Bonchev–Trinajstić information content (AvgIpc) is 3.12. The van der Waals surface area contributed by atoms with Crippen LogP contribution in [0.2, 0.25) is 0 Å². The Morgan fingerprint density at radius 1 is 0.864 bits per heavy atom. The predicted octanol–water partition coefficient (Wildman–Crippen LogP) is 3.60. The molecule has 0 amide bonds. The Hall–Kier alpha value is -1.64. The van der Waals surface area contributed by atoms with Gasteiger partial charge < -0.3 is 5.11 Å². The van der Waals surface area contributed by atoms with Gasteiger partial charge in [-0.1, -0.05) is 60.7 Å². The summed E-state index contributed by atoms with van der Waals surface area (Å²) in [6.07, 6.45) is 3.08. The van der Waals surface area contributed by atoms with E-state index < -0.39 is 0 Å². The van der Waals surface area contributed by atoms with Crippen LogP contribution >= 0.6 is 0 Å². The highest BCUT2D eigenvalue weighted by Crippen LogP contribution is 2.60. The Bertz CT molecular complexity index is 585. The van der Waals surface area contributed by atoms with Gasteiger partial charge in [-0.25, -0.2) is 0 Å². The molecule has 2 aliphatic carbocycles. The zero-order valence-corrected chi connectivity index (χ0v) is 12.9. The van der Waals surface area contributed by atoms with Crippen molar-refractivity contribution in [3.05, 3.63) is 71.8 Å². The van der Waals surface area contributed by atoms with Crippen LogP contribution in [0.5, 0.6) is 0 Å². The monoisotopic (exact) mass is 293 g/mol. The molecule has 2 fully saturated rings. The molecule has 0 aromatic heterocycles. The molecule has 22 heavy (non-hydrogen) atoms. The summed E-state index contributed by atoms with van der Waals surface area (Å²) in [5.41, 5.74) is 2.96. The van der Waals surface area contributed by atoms with Crippen LogP contribution in [0, 0.1) is 5.92 Å². The molecule has 0 saturated heterocycles. The Balaban J connectivity index is 1.58. The van der Waals surface area contributed by atoms with Gasteiger partial charge in [-0.05, 0) is 36.3 Å². The molecule has 2 nitrogen and oxygen atoms in total. The molecule has 2 aliphatic rings. The quantitative estimate of drug-likeness (QED) is 0.910. The molecule has 2 aromatic carbocycles. The molecule has 0 aliphatic heterocycles. The normalized spacial score (nSPS) is 29.5. The maximum absolute atomic E-state index is 10.0. The van der Waals surface area contributed by atoms with Gasteiger partial charge in [0.05, 0.1) is 6.10 Å². The van der Waals surface area contributed by atoms with Crippen molar-refractivity contribution in [2.24, 2.45) is 5.92 Å². The maximum atomic E-state index is 10.0. The van der Waals surface area contributed by atoms with Gasteiger partial charge in [0.1, 0.15) is 0 Å². The second kappa shape index (κ2) is 5.53. The van der Waals surface area contributed by atoms with E-state index in [1.54, 1.807) is 0 Å². The first-order valence-electron chi connectivity index (χ1n) is 8.27. The largest absolute Gasteiger partial charge is 0.393 e. The first-order valence-corrected chi connectivity index (χ1v) is 8.27. The molecule has 1 N–H and O–H groups in total. The van der Waals surface area contributed by atoms with Crippen LogP contribution in [0.1, 0.15) is 30.4 Å². The third kappa shape index (κ3) is 2.57. The maximum Gasteiger partial charge on any atom is 0.0561 e. The molecular weight excluding hydrogens is 270 g/mol. The minimum Gasteiger partial charge on any atom is -0.393 e. The van der Waals surface area contributed by atoms with Gasteiger partial charge in [-0.15, -0.1) is 0 Å². The minimum atomic E-state index is -0.104. The summed E-state index contributed by atoms with van der Waals surface area (Å²) in [4.78, 5) is 2.61. The van der Waals surface area contributed by atoms with E-state index in [-0.39, 0.29) is 11.6 Å². The van der Waals surface area contributed by atoms with E-state index >= 15 is 0 Å². The predicted molar refractivity (Wildman–Crippen MR) is 88.2 cm³/mol. The highest BCUT2D eigenvalue weighted by molar-refractivity contribution is 5.23. The molecule has 2 saturated carbocycles. The van der Waals surface area contributed by atoms with Crippen LogP contribution < -0.4 is 0 Å². The second-order valence-electron chi connectivity index (χ2n) is 6.93. The smallest absolute Gasteiger partial charge is 0.0561 e. The number of hydrogen-bond donors (Lipinski definition) is 1. The molecule has 0 spiro atoms. The van der Waals surface area contributed by atoms with Crippen molar-refractivity contribution in [1.82, 2.24) is 4.90 Å². The van der Waals surface area contributed by atoms with Gasteiger partial charge in [0.2, 0.25) is 0 Å². The summed E-state index contributed by atoms with van der Waals surface area (Å²) in [7, 11) is 0. The molecule has 2 heteroatoms. The third-order valence-corrected chi connectivity index (χ3v) is 5.41. The van der Waals surface area contributed by atoms with E-state index in [9.17, 15) is 5.11 Å². The topological polar surface area (TPSA) is 23.5 Å². The average molecular weight is 293 g/mol. The van der Waals surface area contributed by atoms with E-state index in [1.165, 1.54) is 17.5 Å². The van der Waals surface area contributed by atoms with Gasteiger partial charge in [0, 0.05) is 18.6 Å². The van der Waals surface area contributed by atoms with Crippen molar-refractivity contribution in [1.29, 1.82) is 0 Å². The number of benzene rings is 2. The fourth-order valence-corrected chi connectivity index (χ4v) is 4.24. The van der Waals surface area contributed by atoms with Crippen molar-refractivity contribution in [2.75, 3.05) is 0 Å². The molecule has 0 bridgehead atoms. The summed E-state index contributed by atoms with van der Waals surface area (Å²) >= 11 is 0. The summed E-state index contributed by atoms with van der Waals surface area (Å²) in [6, 6.07) is 21.4. The first kappa shape index (κ1) is 14.0. The molecule has 0 heterocycles. The van der Waals surface area contributed by atoms with E-state index in [1.807, 2.05) is 0 Å². The Morgan fingerprint density at radius 3 is 1.86 bits per heavy atom. The zero-order chi connectivity index (χ0) is 15.0. The van der Waals surface area contributed by atoms with Crippen molar-refractivity contribution < 1.29 is 5.11 Å². The van der Waals surface area contributed by atoms with Crippen LogP contribution in [-0.4, -0.2) is 21.6 Å². The molecule has 114 valence electrons. The lowest BCUT2D eigenvalue weighted by molar-refractivity contribution is 0.108. The number of aliphatic hydroxyl groups excluding tert-OH is 1. The van der Waals surface area contributed by atoms with Crippen molar-refractivity contribution in [3.8, 4) is 0 Å². The molecular formula is C20H23NO. The molecule has 2 aromatic rings. The van der Waals surface area contributed by atoms with E-state index in [0.717, 1.165) is 25.9 Å². The Morgan fingerprint density at radius 2 is 1.41 bits per heavy atom. The van der Waals surface area contributed by atoms with Gasteiger partial charge in [0.25, 0.3) is 0 Å². The highest BCUT2D eigenvalue weighted by Gasteiger charge is 2.62. The lowest BCUT2D eigenvalue weighted by Gasteiger charge is -2.32. The van der Waals surface area contributed by atoms with Gasteiger partial charge >= 0.3 is 0 Å². The molecule has 3 atom stereocenters. The van der Waals surface area contributed by atoms with Crippen molar-refractivity contribution in [2.45, 2.75) is 44.0 Å². The van der Waals surface area contributed by atoms with E-state index in [4.69, 9.17) is 0 Å².